The highest BCUT2D eigenvalue weighted by molar-refractivity contribution is 4.96. The number of morpholine rings is 1. The minimum absolute atomic E-state index is 0.455. The molecule has 3 unspecified atom stereocenters. The van der Waals surface area contributed by atoms with Crippen molar-refractivity contribution in [3.05, 3.63) is 0 Å². The summed E-state index contributed by atoms with van der Waals surface area (Å²) in [5.41, 5.74) is 0. The van der Waals surface area contributed by atoms with Gasteiger partial charge in [0.25, 0.3) is 0 Å². The van der Waals surface area contributed by atoms with Crippen LogP contribution in [0.4, 0.5) is 0 Å². The van der Waals surface area contributed by atoms with E-state index in [1.165, 1.54) is 25.7 Å². The summed E-state index contributed by atoms with van der Waals surface area (Å²) in [7, 11) is 0. The molecule has 0 aromatic carbocycles. The summed E-state index contributed by atoms with van der Waals surface area (Å²) in [5.74, 6) is 0.649. The van der Waals surface area contributed by atoms with E-state index in [4.69, 9.17) is 4.74 Å². The molecule has 3 aliphatic heterocycles. The van der Waals surface area contributed by atoms with E-state index >= 15 is 0 Å². The Hall–Kier alpha value is -0.120. The van der Waals surface area contributed by atoms with Crippen molar-refractivity contribution in [3.8, 4) is 0 Å². The second kappa shape index (κ2) is 4.87. The zero-order valence-electron chi connectivity index (χ0n) is 11.2. The largest absolute Gasteiger partial charge is 0.375 e. The third kappa shape index (κ3) is 2.51. The summed E-state index contributed by atoms with van der Waals surface area (Å²) in [6.07, 6.45) is 5.98. The van der Waals surface area contributed by atoms with Gasteiger partial charge in [-0.1, -0.05) is 13.8 Å². The highest BCUT2D eigenvalue weighted by Gasteiger charge is 2.37. The molecule has 3 rings (SSSR count). The van der Waals surface area contributed by atoms with Crippen molar-refractivity contribution in [2.75, 3.05) is 19.7 Å². The first-order valence-electron chi connectivity index (χ1n) is 7.34. The van der Waals surface area contributed by atoms with Crippen molar-refractivity contribution in [3.63, 3.8) is 0 Å². The fraction of sp³-hybridized carbons (Fsp3) is 1.00. The number of nitrogens with zero attached hydrogens (tertiary/aromatic N) is 1. The van der Waals surface area contributed by atoms with Crippen LogP contribution in [0.15, 0.2) is 0 Å². The van der Waals surface area contributed by atoms with Gasteiger partial charge in [-0.3, -0.25) is 4.90 Å². The average molecular weight is 238 g/mol. The first kappa shape index (κ1) is 11.9. The zero-order chi connectivity index (χ0) is 11.8. The molecule has 3 heteroatoms. The topological polar surface area (TPSA) is 24.5 Å². The van der Waals surface area contributed by atoms with Crippen molar-refractivity contribution in [1.82, 2.24) is 10.2 Å². The normalized spacial score (nSPS) is 43.2. The summed E-state index contributed by atoms with van der Waals surface area (Å²) in [4.78, 5) is 2.71. The van der Waals surface area contributed by atoms with Gasteiger partial charge in [0, 0.05) is 31.2 Å². The van der Waals surface area contributed by atoms with Crippen LogP contribution in [-0.2, 0) is 4.74 Å². The molecule has 3 heterocycles. The van der Waals surface area contributed by atoms with Crippen molar-refractivity contribution in [1.29, 1.82) is 0 Å². The van der Waals surface area contributed by atoms with Crippen molar-refractivity contribution in [2.24, 2.45) is 5.92 Å². The highest BCUT2D eigenvalue weighted by atomic mass is 16.5. The first-order valence-corrected chi connectivity index (χ1v) is 7.34. The van der Waals surface area contributed by atoms with Gasteiger partial charge in [-0.25, -0.2) is 0 Å². The van der Waals surface area contributed by atoms with Gasteiger partial charge in [-0.2, -0.15) is 0 Å². The maximum Gasteiger partial charge on any atom is 0.0725 e. The monoisotopic (exact) mass is 238 g/mol. The van der Waals surface area contributed by atoms with Gasteiger partial charge in [0.1, 0.15) is 0 Å². The molecule has 0 aromatic heterocycles. The quantitative estimate of drug-likeness (QED) is 0.791. The fourth-order valence-corrected chi connectivity index (χ4v) is 3.76. The molecule has 0 saturated carbocycles. The fourth-order valence-electron chi connectivity index (χ4n) is 3.76. The van der Waals surface area contributed by atoms with Gasteiger partial charge < -0.3 is 10.1 Å². The van der Waals surface area contributed by atoms with Crippen LogP contribution in [0.25, 0.3) is 0 Å². The number of nitrogens with one attached hydrogen (secondary N) is 1. The van der Waals surface area contributed by atoms with Crippen LogP contribution in [0.1, 0.15) is 39.5 Å². The standard InChI is InChI=1S/C14H26N2O/c1-10(2)14-9-16(5-6-17-14)13-7-11-3-4-12(8-13)15-11/h10-15H,3-9H2,1-2H3. The van der Waals surface area contributed by atoms with E-state index in [-0.39, 0.29) is 0 Å². The molecule has 0 spiro atoms. The molecule has 0 amide bonds. The van der Waals surface area contributed by atoms with Gasteiger partial charge in [-0.15, -0.1) is 0 Å². The first-order chi connectivity index (χ1) is 8.22. The van der Waals surface area contributed by atoms with Gasteiger partial charge in [0.05, 0.1) is 12.7 Å². The van der Waals surface area contributed by atoms with E-state index in [0.717, 1.165) is 37.8 Å². The van der Waals surface area contributed by atoms with Gasteiger partial charge in [-0.05, 0) is 31.6 Å². The Morgan fingerprint density at radius 3 is 2.53 bits per heavy atom. The predicted octanol–water partition coefficient (Wildman–Crippen LogP) is 1.63. The molecule has 3 aliphatic rings. The van der Waals surface area contributed by atoms with E-state index in [1.54, 1.807) is 0 Å². The smallest absolute Gasteiger partial charge is 0.0725 e. The number of piperidine rings is 1. The molecule has 3 saturated heterocycles. The molecular formula is C14H26N2O. The third-order valence-corrected chi connectivity index (χ3v) is 4.83. The van der Waals surface area contributed by atoms with Crippen LogP contribution in [0, 0.1) is 5.92 Å². The Balaban J connectivity index is 1.60. The molecule has 3 fully saturated rings. The molecule has 3 nitrogen and oxygen atoms in total. The van der Waals surface area contributed by atoms with E-state index in [9.17, 15) is 0 Å². The van der Waals surface area contributed by atoms with Crippen molar-refractivity contribution >= 4 is 0 Å². The lowest BCUT2D eigenvalue weighted by atomic mass is 9.96. The minimum Gasteiger partial charge on any atom is -0.375 e. The van der Waals surface area contributed by atoms with Crippen LogP contribution in [0.5, 0.6) is 0 Å². The van der Waals surface area contributed by atoms with E-state index in [1.807, 2.05) is 0 Å². The Bertz CT molecular complexity index is 257. The second-order valence-electron chi connectivity index (χ2n) is 6.41. The molecule has 3 atom stereocenters. The molecule has 2 bridgehead atoms. The number of rotatable bonds is 2. The van der Waals surface area contributed by atoms with E-state index < -0.39 is 0 Å². The molecule has 98 valence electrons. The summed E-state index contributed by atoms with van der Waals surface area (Å²) in [6, 6.07) is 2.43. The molecular weight excluding hydrogens is 212 g/mol. The Morgan fingerprint density at radius 2 is 1.88 bits per heavy atom. The summed E-state index contributed by atoms with van der Waals surface area (Å²) in [5, 5.41) is 3.74. The molecule has 0 aliphatic carbocycles. The van der Waals surface area contributed by atoms with Crippen LogP contribution in [0.3, 0.4) is 0 Å². The van der Waals surface area contributed by atoms with E-state index in [0.29, 0.717) is 12.0 Å². The van der Waals surface area contributed by atoms with Crippen molar-refractivity contribution in [2.45, 2.75) is 63.8 Å². The SMILES string of the molecule is CC(C)C1CN(C2CC3CCC(C2)N3)CCO1. The maximum atomic E-state index is 5.87. The highest BCUT2D eigenvalue weighted by Crippen LogP contribution is 2.31. The molecule has 0 aromatic rings. The van der Waals surface area contributed by atoms with Crippen molar-refractivity contribution < 1.29 is 4.74 Å². The minimum atomic E-state index is 0.455. The third-order valence-electron chi connectivity index (χ3n) is 4.83. The molecule has 17 heavy (non-hydrogen) atoms. The summed E-state index contributed by atoms with van der Waals surface area (Å²) >= 11 is 0. The van der Waals surface area contributed by atoms with Crippen LogP contribution in [0.2, 0.25) is 0 Å². The number of hydrogen-bond donors (Lipinski definition) is 1. The van der Waals surface area contributed by atoms with Gasteiger partial charge in [0.15, 0.2) is 0 Å². The van der Waals surface area contributed by atoms with Crippen LogP contribution < -0.4 is 5.32 Å². The Kier molecular flexibility index (Phi) is 3.42. The lowest BCUT2D eigenvalue weighted by Gasteiger charge is -2.42. The summed E-state index contributed by atoms with van der Waals surface area (Å²) in [6.45, 7) is 7.79. The summed E-state index contributed by atoms with van der Waals surface area (Å²) < 4.78 is 5.87. The Morgan fingerprint density at radius 1 is 1.18 bits per heavy atom. The molecule has 1 N–H and O–H groups in total. The number of hydrogen-bond acceptors (Lipinski definition) is 3. The maximum absolute atomic E-state index is 5.87. The van der Waals surface area contributed by atoms with Crippen LogP contribution >= 0.6 is 0 Å². The van der Waals surface area contributed by atoms with Gasteiger partial charge in [0.2, 0.25) is 0 Å². The zero-order valence-corrected chi connectivity index (χ0v) is 11.2. The number of ether oxygens (including phenoxy) is 1. The second-order valence-corrected chi connectivity index (χ2v) is 6.41. The van der Waals surface area contributed by atoms with Crippen LogP contribution in [-0.4, -0.2) is 48.8 Å². The van der Waals surface area contributed by atoms with E-state index in [2.05, 4.69) is 24.1 Å². The molecule has 0 radical (unpaired) electrons. The average Bonchev–Trinajstić information content (AvgIpc) is 2.68. The number of fused-ring (bicyclic) bond motifs is 2. The lowest BCUT2D eigenvalue weighted by Crippen LogP contribution is -2.54. The lowest BCUT2D eigenvalue weighted by molar-refractivity contribution is -0.0685. The van der Waals surface area contributed by atoms with Gasteiger partial charge >= 0.3 is 0 Å². The predicted molar refractivity (Wildman–Crippen MR) is 69.1 cm³/mol. The Labute approximate surface area is 105 Å².